The molecule has 1 aliphatic rings. The number of hydrogen-bond donors (Lipinski definition) is 2. The fourth-order valence-corrected chi connectivity index (χ4v) is 3.15. The molecule has 0 bridgehead atoms. The van der Waals surface area contributed by atoms with Gasteiger partial charge in [-0.2, -0.15) is 0 Å². The Balaban J connectivity index is 1.49. The Morgan fingerprint density at radius 3 is 2.37 bits per heavy atom. The number of rotatable bonds is 8. The molecule has 6 heteroatoms. The number of benzene rings is 2. The summed E-state index contributed by atoms with van der Waals surface area (Å²) < 4.78 is 5.32. The van der Waals surface area contributed by atoms with Crippen LogP contribution in [0.25, 0.3) is 0 Å². The van der Waals surface area contributed by atoms with Gasteiger partial charge in [0.2, 0.25) is 11.8 Å². The summed E-state index contributed by atoms with van der Waals surface area (Å²) in [5.74, 6) is 0.381. The minimum absolute atomic E-state index is 0.203. The molecule has 0 radical (unpaired) electrons. The third-order valence-corrected chi connectivity index (χ3v) is 5.11. The van der Waals surface area contributed by atoms with E-state index in [0.29, 0.717) is 37.4 Å². The van der Waals surface area contributed by atoms with Crippen molar-refractivity contribution in [3.63, 3.8) is 0 Å². The van der Waals surface area contributed by atoms with Crippen LogP contribution in [0.15, 0.2) is 48.5 Å². The fraction of sp³-hybridized carbons (Fsp3) is 0.333. The van der Waals surface area contributed by atoms with Crippen molar-refractivity contribution < 1.29 is 14.3 Å². The SMILES string of the molecule is COc1ccccc1CCNC(=O)C1(C(=O)NCc2ccc(Cl)cc2)CC1. The lowest BCUT2D eigenvalue weighted by Gasteiger charge is -2.16. The summed E-state index contributed by atoms with van der Waals surface area (Å²) in [5.41, 5.74) is 1.05. The average Bonchev–Trinajstić information content (AvgIpc) is 3.50. The van der Waals surface area contributed by atoms with Crippen molar-refractivity contribution in [2.75, 3.05) is 13.7 Å². The van der Waals surface area contributed by atoms with Gasteiger partial charge in [0, 0.05) is 18.1 Å². The molecule has 0 aromatic heterocycles. The normalized spacial score (nSPS) is 14.3. The molecule has 2 aromatic rings. The Morgan fingerprint density at radius 2 is 1.70 bits per heavy atom. The second-order valence-corrected chi connectivity index (χ2v) is 7.15. The summed E-state index contributed by atoms with van der Waals surface area (Å²) in [6.45, 7) is 0.845. The summed E-state index contributed by atoms with van der Waals surface area (Å²) in [6, 6.07) is 15.0. The van der Waals surface area contributed by atoms with Crippen molar-refractivity contribution in [2.24, 2.45) is 5.41 Å². The zero-order valence-corrected chi connectivity index (χ0v) is 16.0. The lowest BCUT2D eigenvalue weighted by Crippen LogP contribution is -2.43. The Hall–Kier alpha value is -2.53. The summed E-state index contributed by atoms with van der Waals surface area (Å²) in [6.07, 6.45) is 1.82. The van der Waals surface area contributed by atoms with Crippen LogP contribution in [0.2, 0.25) is 5.02 Å². The maximum absolute atomic E-state index is 12.5. The van der Waals surface area contributed by atoms with Crippen molar-refractivity contribution in [2.45, 2.75) is 25.8 Å². The van der Waals surface area contributed by atoms with Gasteiger partial charge in [-0.15, -0.1) is 0 Å². The van der Waals surface area contributed by atoms with Crippen LogP contribution in [0.4, 0.5) is 0 Å². The van der Waals surface area contributed by atoms with Crippen molar-refractivity contribution >= 4 is 23.4 Å². The molecule has 1 saturated carbocycles. The number of para-hydroxylation sites is 1. The third kappa shape index (κ3) is 4.61. The molecule has 0 saturated heterocycles. The standard InChI is InChI=1S/C21H23ClN2O3/c1-27-18-5-3-2-4-16(18)10-13-23-19(25)21(11-12-21)20(26)24-14-15-6-8-17(22)9-7-15/h2-9H,10-14H2,1H3,(H,23,25)(H,24,26). The number of carbonyl (C=O) groups is 2. The highest BCUT2D eigenvalue weighted by atomic mass is 35.5. The first-order valence-electron chi connectivity index (χ1n) is 8.98. The van der Waals surface area contributed by atoms with Gasteiger partial charge in [0.15, 0.2) is 0 Å². The van der Waals surface area contributed by atoms with Crippen LogP contribution in [0.5, 0.6) is 5.75 Å². The van der Waals surface area contributed by atoms with Crippen LogP contribution in [0, 0.1) is 5.41 Å². The molecule has 2 aromatic carbocycles. The maximum Gasteiger partial charge on any atom is 0.235 e. The van der Waals surface area contributed by atoms with E-state index >= 15 is 0 Å². The number of ether oxygens (including phenoxy) is 1. The van der Waals surface area contributed by atoms with Gasteiger partial charge in [-0.25, -0.2) is 0 Å². The van der Waals surface area contributed by atoms with E-state index in [9.17, 15) is 9.59 Å². The van der Waals surface area contributed by atoms with E-state index in [2.05, 4.69) is 10.6 Å². The first-order chi connectivity index (χ1) is 13.0. The monoisotopic (exact) mass is 386 g/mol. The lowest BCUT2D eigenvalue weighted by molar-refractivity contribution is -0.137. The van der Waals surface area contributed by atoms with Crippen LogP contribution in [-0.4, -0.2) is 25.5 Å². The third-order valence-electron chi connectivity index (χ3n) is 4.86. The zero-order chi connectivity index (χ0) is 19.3. The molecule has 27 heavy (non-hydrogen) atoms. The van der Waals surface area contributed by atoms with Gasteiger partial charge in [0.1, 0.15) is 11.2 Å². The van der Waals surface area contributed by atoms with Crippen LogP contribution in [0.3, 0.4) is 0 Å². The van der Waals surface area contributed by atoms with E-state index in [1.54, 1.807) is 19.2 Å². The van der Waals surface area contributed by atoms with Crippen LogP contribution in [-0.2, 0) is 22.6 Å². The maximum atomic E-state index is 12.5. The van der Waals surface area contributed by atoms with Crippen LogP contribution < -0.4 is 15.4 Å². The molecule has 0 unspecified atom stereocenters. The number of nitrogens with one attached hydrogen (secondary N) is 2. The molecule has 142 valence electrons. The van der Waals surface area contributed by atoms with Gasteiger partial charge >= 0.3 is 0 Å². The van der Waals surface area contributed by atoms with Gasteiger partial charge in [0.05, 0.1) is 7.11 Å². The van der Waals surface area contributed by atoms with E-state index in [1.165, 1.54) is 0 Å². The van der Waals surface area contributed by atoms with Gasteiger partial charge < -0.3 is 15.4 Å². The second kappa shape index (κ2) is 8.44. The number of amides is 2. The smallest absolute Gasteiger partial charge is 0.235 e. The Morgan fingerprint density at radius 1 is 1.04 bits per heavy atom. The van der Waals surface area contributed by atoms with E-state index in [0.717, 1.165) is 16.9 Å². The van der Waals surface area contributed by atoms with Crippen molar-refractivity contribution in [1.29, 1.82) is 0 Å². The Labute approximate surface area is 164 Å². The summed E-state index contributed by atoms with van der Waals surface area (Å²) >= 11 is 5.86. The second-order valence-electron chi connectivity index (χ2n) is 6.71. The topological polar surface area (TPSA) is 67.4 Å². The van der Waals surface area contributed by atoms with E-state index in [-0.39, 0.29) is 11.8 Å². The lowest BCUT2D eigenvalue weighted by atomic mass is 10.0. The van der Waals surface area contributed by atoms with Crippen molar-refractivity contribution in [3.05, 3.63) is 64.7 Å². The highest BCUT2D eigenvalue weighted by Crippen LogP contribution is 2.46. The molecule has 0 heterocycles. The quantitative estimate of drug-likeness (QED) is 0.685. The van der Waals surface area contributed by atoms with Gasteiger partial charge in [-0.1, -0.05) is 41.9 Å². The molecular weight excluding hydrogens is 364 g/mol. The molecule has 0 spiro atoms. The highest BCUT2D eigenvalue weighted by molar-refractivity contribution is 6.30. The van der Waals surface area contributed by atoms with E-state index in [4.69, 9.17) is 16.3 Å². The average molecular weight is 387 g/mol. The van der Waals surface area contributed by atoms with E-state index < -0.39 is 5.41 Å². The summed E-state index contributed by atoms with van der Waals surface area (Å²) in [5, 5.41) is 6.42. The number of halogens is 1. The molecule has 1 fully saturated rings. The Kier molecular flexibility index (Phi) is 6.01. The molecule has 0 atom stereocenters. The molecule has 2 amide bonds. The number of hydrogen-bond acceptors (Lipinski definition) is 3. The molecule has 2 N–H and O–H groups in total. The van der Waals surface area contributed by atoms with Crippen LogP contribution in [0.1, 0.15) is 24.0 Å². The van der Waals surface area contributed by atoms with Crippen molar-refractivity contribution in [1.82, 2.24) is 10.6 Å². The van der Waals surface area contributed by atoms with Gasteiger partial charge in [-0.05, 0) is 48.6 Å². The first-order valence-corrected chi connectivity index (χ1v) is 9.36. The largest absolute Gasteiger partial charge is 0.496 e. The number of carbonyl (C=O) groups excluding carboxylic acids is 2. The number of methoxy groups -OCH3 is 1. The van der Waals surface area contributed by atoms with Gasteiger partial charge in [-0.3, -0.25) is 9.59 Å². The minimum Gasteiger partial charge on any atom is -0.496 e. The molecule has 0 aliphatic heterocycles. The minimum atomic E-state index is -0.923. The summed E-state index contributed by atoms with van der Waals surface area (Å²) in [4.78, 5) is 25.1. The van der Waals surface area contributed by atoms with Gasteiger partial charge in [0.25, 0.3) is 0 Å². The highest BCUT2D eigenvalue weighted by Gasteiger charge is 2.56. The Bertz CT molecular complexity index is 816. The molecule has 3 rings (SSSR count). The molecule has 5 nitrogen and oxygen atoms in total. The predicted molar refractivity (Wildman–Crippen MR) is 105 cm³/mol. The molecular formula is C21H23ClN2O3. The fourth-order valence-electron chi connectivity index (χ4n) is 3.03. The van der Waals surface area contributed by atoms with Crippen LogP contribution >= 0.6 is 11.6 Å². The first kappa shape index (κ1) is 19.2. The molecule has 1 aliphatic carbocycles. The predicted octanol–water partition coefficient (Wildman–Crippen LogP) is 3.10. The van der Waals surface area contributed by atoms with E-state index in [1.807, 2.05) is 36.4 Å². The van der Waals surface area contributed by atoms with Crippen molar-refractivity contribution in [3.8, 4) is 5.75 Å². The zero-order valence-electron chi connectivity index (χ0n) is 15.3. The summed E-state index contributed by atoms with van der Waals surface area (Å²) in [7, 11) is 1.63.